The van der Waals surface area contributed by atoms with Gasteiger partial charge in [0.05, 0.1) is 23.4 Å². The lowest BCUT2D eigenvalue weighted by Crippen LogP contribution is -2.24. The Balaban J connectivity index is 2.22. The maximum absolute atomic E-state index is 12.7. The van der Waals surface area contributed by atoms with Crippen molar-refractivity contribution in [3.63, 3.8) is 0 Å². The lowest BCUT2D eigenvalue weighted by molar-refractivity contribution is 0.0828. The van der Waals surface area contributed by atoms with Crippen LogP contribution in [0.5, 0.6) is 5.75 Å². The zero-order valence-electron chi connectivity index (χ0n) is 14.9. The van der Waals surface area contributed by atoms with E-state index in [0.29, 0.717) is 29.2 Å². The van der Waals surface area contributed by atoms with Crippen LogP contribution in [0.3, 0.4) is 0 Å². The molecule has 2 rings (SSSR count). The molecule has 2 aromatic carbocycles. The molecule has 0 aliphatic carbocycles. The lowest BCUT2D eigenvalue weighted by atomic mass is 10.1. The van der Waals surface area contributed by atoms with Gasteiger partial charge in [-0.05, 0) is 30.7 Å². The van der Waals surface area contributed by atoms with E-state index in [4.69, 9.17) is 4.74 Å². The quantitative estimate of drug-likeness (QED) is 0.780. The third-order valence-corrected chi connectivity index (χ3v) is 3.70. The molecule has 0 fully saturated rings. The molecule has 0 aromatic heterocycles. The second kappa shape index (κ2) is 8.87. The summed E-state index contributed by atoms with van der Waals surface area (Å²) in [6, 6.07) is 14.1. The van der Waals surface area contributed by atoms with E-state index < -0.39 is 0 Å². The summed E-state index contributed by atoms with van der Waals surface area (Å²) in [5.41, 5.74) is 1.38. The second-order valence-corrected chi connectivity index (χ2v) is 5.90. The molecule has 132 valence electrons. The molecule has 0 bridgehead atoms. The highest BCUT2D eigenvalue weighted by Crippen LogP contribution is 2.22. The summed E-state index contributed by atoms with van der Waals surface area (Å²) < 4.78 is 5.72. The van der Waals surface area contributed by atoms with Gasteiger partial charge < -0.3 is 15.0 Å². The fourth-order valence-corrected chi connectivity index (χ4v) is 2.32. The molecular weight excluding hydrogens is 316 g/mol. The summed E-state index contributed by atoms with van der Waals surface area (Å²) in [7, 11) is 3.36. The number of unbranched alkanes of at least 4 members (excludes halogenated alkanes) is 1. The van der Waals surface area contributed by atoms with Crippen molar-refractivity contribution in [1.82, 2.24) is 4.90 Å². The molecule has 0 unspecified atom stereocenters. The Morgan fingerprint density at radius 2 is 1.64 bits per heavy atom. The standard InChI is InChI=1S/C20H24N2O3/c1-4-5-14-25-18-13-9-7-11-16(18)19(23)21-17-12-8-6-10-15(17)20(24)22(2)3/h6-13H,4-5,14H2,1-3H3,(H,21,23). The van der Waals surface area contributed by atoms with Crippen LogP contribution >= 0.6 is 0 Å². The third-order valence-electron chi connectivity index (χ3n) is 3.70. The first kappa shape index (κ1) is 18.5. The Kier molecular flexibility index (Phi) is 6.57. The highest BCUT2D eigenvalue weighted by atomic mass is 16.5. The van der Waals surface area contributed by atoms with Crippen molar-refractivity contribution in [3.05, 3.63) is 59.7 Å². The Bertz CT molecular complexity index is 741. The molecule has 2 aromatic rings. The number of rotatable bonds is 7. The number of hydrogen-bond acceptors (Lipinski definition) is 3. The van der Waals surface area contributed by atoms with Crippen LogP contribution in [0, 0.1) is 0 Å². The van der Waals surface area contributed by atoms with Gasteiger partial charge in [0.25, 0.3) is 11.8 Å². The number of hydrogen-bond donors (Lipinski definition) is 1. The van der Waals surface area contributed by atoms with E-state index in [9.17, 15) is 9.59 Å². The van der Waals surface area contributed by atoms with Crippen LogP contribution in [-0.2, 0) is 0 Å². The smallest absolute Gasteiger partial charge is 0.259 e. The summed E-state index contributed by atoms with van der Waals surface area (Å²) in [6.07, 6.45) is 1.95. The summed E-state index contributed by atoms with van der Waals surface area (Å²) in [5.74, 6) is 0.0827. The van der Waals surface area contributed by atoms with Gasteiger partial charge in [0.15, 0.2) is 0 Å². The maximum atomic E-state index is 12.7. The summed E-state index contributed by atoms with van der Waals surface area (Å²) in [6.45, 7) is 2.65. The summed E-state index contributed by atoms with van der Waals surface area (Å²) >= 11 is 0. The molecule has 0 spiro atoms. The highest BCUT2D eigenvalue weighted by molar-refractivity contribution is 6.10. The van der Waals surface area contributed by atoms with Crippen LogP contribution in [0.1, 0.15) is 40.5 Å². The Morgan fingerprint density at radius 3 is 2.32 bits per heavy atom. The fraction of sp³-hybridized carbons (Fsp3) is 0.300. The first-order valence-electron chi connectivity index (χ1n) is 8.38. The minimum Gasteiger partial charge on any atom is -0.493 e. The third kappa shape index (κ3) is 4.83. The molecule has 0 heterocycles. The largest absolute Gasteiger partial charge is 0.493 e. The number of nitrogens with one attached hydrogen (secondary N) is 1. The number of ether oxygens (including phenoxy) is 1. The van der Waals surface area contributed by atoms with Gasteiger partial charge in [-0.3, -0.25) is 9.59 Å². The van der Waals surface area contributed by atoms with Crippen LogP contribution < -0.4 is 10.1 Å². The molecule has 2 amide bonds. The van der Waals surface area contributed by atoms with Crippen molar-refractivity contribution in [3.8, 4) is 5.75 Å². The molecule has 0 radical (unpaired) electrons. The van der Waals surface area contributed by atoms with Gasteiger partial charge >= 0.3 is 0 Å². The molecule has 0 saturated heterocycles. The van der Waals surface area contributed by atoms with Gasteiger partial charge in [-0.1, -0.05) is 37.6 Å². The number of carbonyl (C=O) groups excluding carboxylic acids is 2. The molecule has 25 heavy (non-hydrogen) atoms. The Morgan fingerprint density at radius 1 is 1.00 bits per heavy atom. The molecule has 1 N–H and O–H groups in total. The molecular formula is C20H24N2O3. The van der Waals surface area contributed by atoms with Crippen LogP contribution in [0.15, 0.2) is 48.5 Å². The predicted octanol–water partition coefficient (Wildman–Crippen LogP) is 3.82. The summed E-state index contributed by atoms with van der Waals surface area (Å²) in [5, 5.41) is 2.83. The number of anilines is 1. The second-order valence-electron chi connectivity index (χ2n) is 5.90. The van der Waals surface area contributed by atoms with Crippen LogP contribution in [0.2, 0.25) is 0 Å². The maximum Gasteiger partial charge on any atom is 0.259 e. The van der Waals surface area contributed by atoms with E-state index in [0.717, 1.165) is 12.8 Å². The first-order chi connectivity index (χ1) is 12.0. The molecule has 0 aliphatic rings. The zero-order valence-corrected chi connectivity index (χ0v) is 14.9. The Hall–Kier alpha value is -2.82. The van der Waals surface area contributed by atoms with Crippen molar-refractivity contribution in [2.75, 3.05) is 26.0 Å². The number of carbonyl (C=O) groups is 2. The summed E-state index contributed by atoms with van der Waals surface area (Å²) in [4.78, 5) is 26.4. The first-order valence-corrected chi connectivity index (χ1v) is 8.38. The van der Waals surface area contributed by atoms with Crippen molar-refractivity contribution in [2.24, 2.45) is 0 Å². The van der Waals surface area contributed by atoms with Crippen molar-refractivity contribution < 1.29 is 14.3 Å². The molecule has 5 nitrogen and oxygen atoms in total. The molecule has 0 saturated carbocycles. The number of benzene rings is 2. The van der Waals surface area contributed by atoms with Gasteiger partial charge in [0.1, 0.15) is 5.75 Å². The van der Waals surface area contributed by atoms with E-state index in [1.807, 2.05) is 6.07 Å². The van der Waals surface area contributed by atoms with Crippen LogP contribution in [0.25, 0.3) is 0 Å². The van der Waals surface area contributed by atoms with Crippen molar-refractivity contribution in [1.29, 1.82) is 0 Å². The average molecular weight is 340 g/mol. The van der Waals surface area contributed by atoms with Crippen molar-refractivity contribution >= 4 is 17.5 Å². The van der Waals surface area contributed by atoms with E-state index in [2.05, 4.69) is 12.2 Å². The number of para-hydroxylation sites is 2. The monoisotopic (exact) mass is 340 g/mol. The SMILES string of the molecule is CCCCOc1ccccc1C(=O)Nc1ccccc1C(=O)N(C)C. The van der Waals surface area contributed by atoms with Crippen LogP contribution in [0.4, 0.5) is 5.69 Å². The number of amides is 2. The van der Waals surface area contributed by atoms with E-state index >= 15 is 0 Å². The van der Waals surface area contributed by atoms with Gasteiger partial charge in [-0.15, -0.1) is 0 Å². The highest BCUT2D eigenvalue weighted by Gasteiger charge is 2.17. The molecule has 0 atom stereocenters. The van der Waals surface area contributed by atoms with E-state index in [-0.39, 0.29) is 11.8 Å². The minimum atomic E-state index is -0.300. The molecule has 0 aliphatic heterocycles. The van der Waals surface area contributed by atoms with Gasteiger partial charge in [0.2, 0.25) is 0 Å². The average Bonchev–Trinajstić information content (AvgIpc) is 2.62. The normalized spacial score (nSPS) is 10.2. The zero-order chi connectivity index (χ0) is 18.2. The van der Waals surface area contributed by atoms with Gasteiger partial charge in [0, 0.05) is 14.1 Å². The molecule has 5 heteroatoms. The van der Waals surface area contributed by atoms with Crippen LogP contribution in [-0.4, -0.2) is 37.4 Å². The van der Waals surface area contributed by atoms with Gasteiger partial charge in [-0.25, -0.2) is 0 Å². The lowest BCUT2D eigenvalue weighted by Gasteiger charge is -2.16. The van der Waals surface area contributed by atoms with E-state index in [1.165, 1.54) is 4.90 Å². The predicted molar refractivity (Wildman–Crippen MR) is 99.3 cm³/mol. The van der Waals surface area contributed by atoms with Gasteiger partial charge in [-0.2, -0.15) is 0 Å². The number of nitrogens with zero attached hydrogens (tertiary/aromatic N) is 1. The fourth-order valence-electron chi connectivity index (χ4n) is 2.32. The topological polar surface area (TPSA) is 58.6 Å². The minimum absolute atomic E-state index is 0.164. The van der Waals surface area contributed by atoms with E-state index in [1.54, 1.807) is 56.6 Å². The van der Waals surface area contributed by atoms with Crippen molar-refractivity contribution in [2.45, 2.75) is 19.8 Å². The Labute approximate surface area is 148 Å².